The van der Waals surface area contributed by atoms with Crippen LogP contribution < -0.4 is 0 Å². The fourth-order valence-corrected chi connectivity index (χ4v) is 11.1. The maximum Gasteiger partial charge on any atom is -0.0122 e. The third kappa shape index (κ3) is 11.1. The Morgan fingerprint density at radius 2 is 0.412 bits per heavy atom. The summed E-state index contributed by atoms with van der Waals surface area (Å²) in [6.07, 6.45) is 24.0. The lowest BCUT2D eigenvalue weighted by molar-refractivity contribution is 0.813. The van der Waals surface area contributed by atoms with Crippen molar-refractivity contribution in [3.8, 4) is 44.5 Å². The first-order chi connectivity index (χ1) is 32.9. The first kappa shape index (κ1) is 50.2. The summed E-state index contributed by atoms with van der Waals surface area (Å²) in [6, 6.07) is 38.2. The molecule has 12 bridgehead atoms. The van der Waals surface area contributed by atoms with E-state index in [-0.39, 0.29) is 0 Å². The highest BCUT2D eigenvalue weighted by Gasteiger charge is 2.23. The van der Waals surface area contributed by atoms with Gasteiger partial charge in [0.1, 0.15) is 0 Å². The zero-order chi connectivity index (χ0) is 48.5. The molecule has 0 amide bonds. The van der Waals surface area contributed by atoms with Crippen molar-refractivity contribution in [3.05, 3.63) is 188 Å². The van der Waals surface area contributed by atoms with Crippen molar-refractivity contribution in [1.29, 1.82) is 0 Å². The molecule has 0 spiro atoms. The Bertz CT molecular complexity index is 2370. The fraction of sp³-hybridized carbons (Fsp3) is 0.353. The van der Waals surface area contributed by atoms with Crippen molar-refractivity contribution < 1.29 is 0 Å². The highest BCUT2D eigenvalue weighted by atomic mass is 14.3. The Morgan fingerprint density at radius 1 is 0.250 bits per heavy atom. The number of unbranched alkanes of at least 4 members (excludes halogenated alkanes) is 8. The summed E-state index contributed by atoms with van der Waals surface area (Å²) in [6.45, 7) is 27.9. The van der Waals surface area contributed by atoms with Crippen LogP contribution in [0.2, 0.25) is 0 Å². The number of hydrogen-bond donors (Lipinski definition) is 0. The van der Waals surface area contributed by atoms with Crippen molar-refractivity contribution in [2.75, 3.05) is 0 Å². The SMILES string of the molecule is CCCCC=C1C(=CCCCC)c2c(C)cc(cc2C)-c2ccc(cc2)-c2cc(C)c(c(C)c2)C(=CCCCC)C(=CCCCC)c2c(C)cc(cc2C)-c2ccc(cc2)-c2cc(C)c1c(C)c2. The predicted molar refractivity (Wildman–Crippen MR) is 303 cm³/mol. The Balaban J connectivity index is 1.48. The van der Waals surface area contributed by atoms with E-state index in [1.54, 1.807) is 0 Å². The van der Waals surface area contributed by atoms with Crippen LogP contribution in [0, 0.1) is 55.4 Å². The number of benzene rings is 6. The Hall–Kier alpha value is -5.72. The monoisotopic (exact) mass is 897 g/mol. The molecule has 0 unspecified atom stereocenters. The summed E-state index contributed by atoms with van der Waals surface area (Å²) in [5.41, 5.74) is 31.9. The van der Waals surface area contributed by atoms with Gasteiger partial charge in [-0.2, -0.15) is 0 Å². The molecular weight excluding hydrogens is 817 g/mol. The van der Waals surface area contributed by atoms with Crippen LogP contribution in [0.1, 0.15) is 172 Å². The molecule has 10 aliphatic rings. The van der Waals surface area contributed by atoms with E-state index in [0.29, 0.717) is 0 Å². The van der Waals surface area contributed by atoms with E-state index in [2.05, 4.69) is 204 Å². The topological polar surface area (TPSA) is 0 Å². The molecule has 6 aromatic carbocycles. The van der Waals surface area contributed by atoms with Crippen molar-refractivity contribution in [2.45, 2.75) is 160 Å². The van der Waals surface area contributed by atoms with Crippen LogP contribution in [0.4, 0.5) is 0 Å². The molecule has 352 valence electrons. The van der Waals surface area contributed by atoms with Gasteiger partial charge in [0.05, 0.1) is 0 Å². The average molecular weight is 897 g/mol. The van der Waals surface area contributed by atoms with Crippen molar-refractivity contribution in [1.82, 2.24) is 0 Å². The molecule has 0 saturated heterocycles. The predicted octanol–water partition coefficient (Wildman–Crippen LogP) is 20.8. The van der Waals surface area contributed by atoms with Gasteiger partial charge in [-0.1, -0.05) is 200 Å². The maximum atomic E-state index is 2.56. The summed E-state index contributed by atoms with van der Waals surface area (Å²) in [5, 5.41) is 0. The molecule has 16 rings (SSSR count). The second-order valence-electron chi connectivity index (χ2n) is 20.1. The minimum Gasteiger partial charge on any atom is -0.0760 e. The molecule has 0 nitrogen and oxygen atoms in total. The summed E-state index contributed by atoms with van der Waals surface area (Å²) < 4.78 is 0. The van der Waals surface area contributed by atoms with Gasteiger partial charge in [-0.25, -0.2) is 0 Å². The van der Waals surface area contributed by atoms with Crippen LogP contribution in [0.25, 0.3) is 66.8 Å². The van der Waals surface area contributed by atoms with E-state index < -0.39 is 0 Å². The lowest BCUT2D eigenvalue weighted by Crippen LogP contribution is -2.03. The lowest BCUT2D eigenvalue weighted by Gasteiger charge is -2.24. The fourth-order valence-electron chi connectivity index (χ4n) is 11.1. The van der Waals surface area contributed by atoms with Gasteiger partial charge >= 0.3 is 0 Å². The molecule has 68 heavy (non-hydrogen) atoms. The summed E-state index contributed by atoms with van der Waals surface area (Å²) in [7, 11) is 0. The number of hydrogen-bond acceptors (Lipinski definition) is 0. The molecule has 0 aromatic heterocycles. The lowest BCUT2D eigenvalue weighted by atomic mass is 9.80. The standard InChI is InChI=1S/C68H80/c1-13-17-21-25-61-62(26-22-18-14-2)66-47(7)39-58(40-48(66)8)54-33-35-56(36-34-54)60-43-51(11)68(52(12)44-60)64(28-24-20-16-4)63(27-23-19-15-3)67-49(9)41-59(42-50(67)10)55-31-29-53(30-32-55)57-37-45(5)65(61)46(6)38-57/h25-44H,13-24H2,1-12H3. The highest BCUT2D eigenvalue weighted by molar-refractivity contribution is 6.09. The number of rotatable bonds is 12. The second-order valence-corrected chi connectivity index (χ2v) is 20.1. The summed E-state index contributed by atoms with van der Waals surface area (Å²) in [5.74, 6) is 0. The Morgan fingerprint density at radius 3 is 0.559 bits per heavy atom. The second kappa shape index (κ2) is 23.1. The number of aryl methyl sites for hydroxylation is 8. The quantitative estimate of drug-likeness (QED) is 0.107. The molecule has 0 heterocycles. The van der Waals surface area contributed by atoms with Crippen LogP contribution in [0.15, 0.2) is 121 Å². The molecule has 10 aliphatic carbocycles. The van der Waals surface area contributed by atoms with E-state index in [1.807, 2.05) is 0 Å². The zero-order valence-corrected chi connectivity index (χ0v) is 44.0. The van der Waals surface area contributed by atoms with Crippen LogP contribution >= 0.6 is 0 Å². The molecule has 0 saturated carbocycles. The molecule has 6 aromatic rings. The van der Waals surface area contributed by atoms with Gasteiger partial charge in [0.15, 0.2) is 0 Å². The Kier molecular flexibility index (Phi) is 17.0. The molecule has 0 N–H and O–H groups in total. The molecule has 0 heteroatoms. The van der Waals surface area contributed by atoms with E-state index >= 15 is 0 Å². The van der Waals surface area contributed by atoms with Gasteiger partial charge < -0.3 is 0 Å². The first-order valence-electron chi connectivity index (χ1n) is 26.4. The van der Waals surface area contributed by atoms with E-state index in [9.17, 15) is 0 Å². The summed E-state index contributed by atoms with van der Waals surface area (Å²) >= 11 is 0. The van der Waals surface area contributed by atoms with E-state index in [1.165, 1.54) is 185 Å². The zero-order valence-electron chi connectivity index (χ0n) is 44.0. The first-order valence-corrected chi connectivity index (χ1v) is 26.4. The normalized spacial score (nSPS) is 15.0. The summed E-state index contributed by atoms with van der Waals surface area (Å²) in [4.78, 5) is 0. The molecule has 0 atom stereocenters. The van der Waals surface area contributed by atoms with Gasteiger partial charge in [0, 0.05) is 0 Å². The van der Waals surface area contributed by atoms with Crippen LogP contribution in [-0.2, 0) is 0 Å². The van der Waals surface area contributed by atoms with Gasteiger partial charge in [0.2, 0.25) is 0 Å². The van der Waals surface area contributed by atoms with Gasteiger partial charge in [-0.05, 0) is 215 Å². The van der Waals surface area contributed by atoms with E-state index in [4.69, 9.17) is 0 Å². The van der Waals surface area contributed by atoms with E-state index in [0.717, 1.165) is 25.7 Å². The Labute approximate surface area is 413 Å². The van der Waals surface area contributed by atoms with Crippen molar-refractivity contribution in [2.24, 2.45) is 0 Å². The van der Waals surface area contributed by atoms with Crippen LogP contribution in [0.5, 0.6) is 0 Å². The van der Waals surface area contributed by atoms with Gasteiger partial charge in [-0.15, -0.1) is 0 Å². The van der Waals surface area contributed by atoms with Gasteiger partial charge in [-0.3, -0.25) is 0 Å². The van der Waals surface area contributed by atoms with Gasteiger partial charge in [0.25, 0.3) is 0 Å². The highest BCUT2D eigenvalue weighted by Crippen LogP contribution is 2.44. The largest absolute Gasteiger partial charge is 0.0760 e. The molecular formula is C68H80. The minimum absolute atomic E-state index is 1.07. The molecule has 0 fully saturated rings. The third-order valence-electron chi connectivity index (χ3n) is 14.5. The smallest absolute Gasteiger partial charge is 0.0122 e. The maximum absolute atomic E-state index is 2.56. The third-order valence-corrected chi connectivity index (χ3v) is 14.5. The number of allylic oxidation sites excluding steroid dienone is 8. The molecule has 0 aliphatic heterocycles. The minimum atomic E-state index is 1.07. The van der Waals surface area contributed by atoms with Crippen LogP contribution in [0.3, 0.4) is 0 Å². The molecule has 0 radical (unpaired) electrons. The van der Waals surface area contributed by atoms with Crippen molar-refractivity contribution >= 4 is 22.3 Å². The van der Waals surface area contributed by atoms with Crippen LogP contribution in [-0.4, -0.2) is 0 Å². The van der Waals surface area contributed by atoms with Crippen molar-refractivity contribution in [3.63, 3.8) is 0 Å². The average Bonchev–Trinajstić information content (AvgIpc) is 3.31.